The number of halogens is 3. The molecular weight excluding hydrogens is 315 g/mol. The van der Waals surface area contributed by atoms with Crippen molar-refractivity contribution in [2.45, 2.75) is 19.6 Å². The van der Waals surface area contributed by atoms with Crippen LogP contribution in [-0.2, 0) is 0 Å². The Labute approximate surface area is 95.8 Å². The van der Waals surface area contributed by atoms with Crippen LogP contribution in [0, 0.1) is 5.82 Å². The van der Waals surface area contributed by atoms with Gasteiger partial charge in [0.25, 0.3) is 0 Å². The van der Waals surface area contributed by atoms with Gasteiger partial charge in [0, 0.05) is 8.95 Å². The van der Waals surface area contributed by atoms with Crippen molar-refractivity contribution < 1.29 is 4.39 Å². The van der Waals surface area contributed by atoms with Crippen molar-refractivity contribution in [2.75, 3.05) is 0 Å². The van der Waals surface area contributed by atoms with Gasteiger partial charge in [-0.25, -0.2) is 4.39 Å². The van der Waals surface area contributed by atoms with Crippen molar-refractivity contribution in [2.24, 2.45) is 0 Å². The molecule has 0 bridgehead atoms. The summed E-state index contributed by atoms with van der Waals surface area (Å²) in [5.74, 6) is -0.103. The lowest BCUT2D eigenvalue weighted by atomic mass is 10.3. The van der Waals surface area contributed by atoms with Gasteiger partial charge in [-0.05, 0) is 49.2 Å². The van der Waals surface area contributed by atoms with E-state index in [0.29, 0.717) is 0 Å². The summed E-state index contributed by atoms with van der Waals surface area (Å²) in [7, 11) is -1.61. The third-order valence-electron chi connectivity index (χ3n) is 1.79. The largest absolute Gasteiger partial charge is 0.207 e. The summed E-state index contributed by atoms with van der Waals surface area (Å²) >= 11 is 6.80. The van der Waals surface area contributed by atoms with E-state index in [-0.39, 0.29) is 5.82 Å². The summed E-state index contributed by atoms with van der Waals surface area (Å²) in [5, 5.41) is 0.849. The molecule has 1 aromatic rings. The lowest BCUT2D eigenvalue weighted by Crippen LogP contribution is -2.41. The molecule has 0 radical (unpaired) electrons. The molecule has 0 nitrogen and oxygen atoms in total. The molecule has 0 spiro atoms. The van der Waals surface area contributed by atoms with Crippen LogP contribution in [0.5, 0.6) is 0 Å². The van der Waals surface area contributed by atoms with Gasteiger partial charge < -0.3 is 0 Å². The minimum atomic E-state index is -1.61. The van der Waals surface area contributed by atoms with E-state index in [0.717, 1.165) is 14.1 Å². The quantitative estimate of drug-likeness (QED) is 0.542. The zero-order chi connectivity index (χ0) is 10.2. The van der Waals surface area contributed by atoms with E-state index in [1.54, 1.807) is 6.07 Å². The van der Waals surface area contributed by atoms with Gasteiger partial charge >= 0.3 is 0 Å². The third kappa shape index (κ3) is 2.42. The molecule has 13 heavy (non-hydrogen) atoms. The Hall–Kier alpha value is 0.327. The van der Waals surface area contributed by atoms with E-state index >= 15 is 0 Å². The van der Waals surface area contributed by atoms with E-state index in [1.165, 1.54) is 6.07 Å². The van der Waals surface area contributed by atoms with Crippen molar-refractivity contribution >= 4 is 45.1 Å². The molecule has 0 aromatic heterocycles. The highest BCUT2D eigenvalue weighted by Gasteiger charge is 2.24. The topological polar surface area (TPSA) is 0 Å². The minimum Gasteiger partial charge on any atom is -0.207 e. The molecule has 0 atom stereocenters. The maximum atomic E-state index is 13.5. The monoisotopic (exact) mass is 324 g/mol. The summed E-state index contributed by atoms with van der Waals surface area (Å²) in [6.07, 6.45) is 0. The Morgan fingerprint density at radius 2 is 1.69 bits per heavy atom. The molecule has 1 aromatic carbocycles. The molecule has 0 saturated heterocycles. The highest BCUT2D eigenvalue weighted by molar-refractivity contribution is 9.13. The first-order valence-electron chi connectivity index (χ1n) is 3.98. The molecule has 4 heteroatoms. The highest BCUT2D eigenvalue weighted by Crippen LogP contribution is 2.24. The number of rotatable bonds is 1. The Kier molecular flexibility index (Phi) is 3.36. The maximum Gasteiger partial charge on any atom is 0.123 e. The summed E-state index contributed by atoms with van der Waals surface area (Å²) in [6.45, 7) is 6.38. The normalized spacial score (nSPS) is 11.8. The summed E-state index contributed by atoms with van der Waals surface area (Å²) < 4.78 is 15.3. The first-order valence-corrected chi connectivity index (χ1v) is 9.06. The molecule has 0 unspecified atom stereocenters. The fourth-order valence-electron chi connectivity index (χ4n) is 1.21. The Bertz CT molecular complexity index is 331. The van der Waals surface area contributed by atoms with E-state index in [4.69, 9.17) is 0 Å². The molecule has 0 aliphatic carbocycles. The van der Waals surface area contributed by atoms with Gasteiger partial charge in [0.1, 0.15) is 5.82 Å². The van der Waals surface area contributed by atoms with Gasteiger partial charge in [-0.2, -0.15) is 0 Å². The van der Waals surface area contributed by atoms with Crippen LogP contribution in [0.25, 0.3) is 0 Å². The molecule has 0 aliphatic rings. The first kappa shape index (κ1) is 11.4. The number of benzene rings is 1. The van der Waals surface area contributed by atoms with E-state index in [9.17, 15) is 4.39 Å². The smallest absolute Gasteiger partial charge is 0.123 e. The maximum absolute atomic E-state index is 13.5. The molecule has 0 aliphatic heterocycles. The summed E-state index contributed by atoms with van der Waals surface area (Å²) in [6, 6.07) is 3.24. The molecular formula is C9H11Br2FSi. The highest BCUT2D eigenvalue weighted by atomic mass is 79.9. The minimum absolute atomic E-state index is 0.103. The molecule has 0 saturated carbocycles. The molecule has 0 heterocycles. The second kappa shape index (κ2) is 3.83. The van der Waals surface area contributed by atoms with Gasteiger partial charge in [0.05, 0.1) is 8.07 Å². The predicted molar refractivity (Wildman–Crippen MR) is 64.8 cm³/mol. The van der Waals surface area contributed by atoms with Crippen molar-refractivity contribution in [3.63, 3.8) is 0 Å². The second-order valence-corrected chi connectivity index (χ2v) is 10.6. The van der Waals surface area contributed by atoms with Crippen LogP contribution in [0.3, 0.4) is 0 Å². The van der Waals surface area contributed by atoms with Gasteiger partial charge in [-0.1, -0.05) is 19.6 Å². The number of hydrogen-bond donors (Lipinski definition) is 0. The lowest BCUT2D eigenvalue weighted by Gasteiger charge is -2.19. The molecule has 72 valence electrons. The van der Waals surface area contributed by atoms with Crippen LogP contribution in [-0.4, -0.2) is 8.07 Å². The van der Waals surface area contributed by atoms with Crippen LogP contribution >= 0.6 is 31.9 Å². The Balaban J connectivity index is 3.43. The van der Waals surface area contributed by atoms with E-state index in [1.807, 2.05) is 0 Å². The molecule has 0 N–H and O–H groups in total. The standard InChI is InChI=1S/C9H11Br2FSi/c1-13(2,3)9-7(12)5-4-6(10)8(9)11/h4-5H,1-3H3. The summed E-state index contributed by atoms with van der Waals surface area (Å²) in [4.78, 5) is 0. The van der Waals surface area contributed by atoms with Crippen LogP contribution in [0.2, 0.25) is 19.6 Å². The summed E-state index contributed by atoms with van der Waals surface area (Å²) in [5.41, 5.74) is 0. The van der Waals surface area contributed by atoms with Crippen molar-refractivity contribution in [1.82, 2.24) is 0 Å². The van der Waals surface area contributed by atoms with Gasteiger partial charge in [-0.3, -0.25) is 0 Å². The van der Waals surface area contributed by atoms with Gasteiger partial charge in [0.15, 0.2) is 0 Å². The molecule has 1 rings (SSSR count). The fourth-order valence-corrected chi connectivity index (χ4v) is 5.43. The van der Waals surface area contributed by atoms with E-state index < -0.39 is 8.07 Å². The zero-order valence-corrected chi connectivity index (χ0v) is 12.0. The van der Waals surface area contributed by atoms with Crippen molar-refractivity contribution in [3.05, 3.63) is 26.9 Å². The Morgan fingerprint density at radius 3 is 2.08 bits per heavy atom. The lowest BCUT2D eigenvalue weighted by molar-refractivity contribution is 0.634. The fraction of sp³-hybridized carbons (Fsp3) is 0.333. The number of hydrogen-bond acceptors (Lipinski definition) is 0. The molecule has 0 fully saturated rings. The van der Waals surface area contributed by atoms with Crippen LogP contribution in [0.15, 0.2) is 21.1 Å². The van der Waals surface area contributed by atoms with Crippen LogP contribution in [0.1, 0.15) is 0 Å². The van der Waals surface area contributed by atoms with Crippen molar-refractivity contribution in [1.29, 1.82) is 0 Å². The average molecular weight is 326 g/mol. The van der Waals surface area contributed by atoms with Crippen molar-refractivity contribution in [3.8, 4) is 0 Å². The first-order chi connectivity index (χ1) is 5.84. The van der Waals surface area contributed by atoms with Gasteiger partial charge in [-0.15, -0.1) is 0 Å². The van der Waals surface area contributed by atoms with Gasteiger partial charge in [0.2, 0.25) is 0 Å². The second-order valence-electron chi connectivity index (χ2n) is 3.97. The SMILES string of the molecule is C[Si](C)(C)c1c(F)ccc(Br)c1Br. The molecule has 0 amide bonds. The average Bonchev–Trinajstić information content (AvgIpc) is 1.95. The van der Waals surface area contributed by atoms with Crippen LogP contribution in [0.4, 0.5) is 4.39 Å². The third-order valence-corrected chi connectivity index (χ3v) is 6.17. The Morgan fingerprint density at radius 1 is 1.15 bits per heavy atom. The van der Waals surface area contributed by atoms with Crippen LogP contribution < -0.4 is 5.19 Å². The van der Waals surface area contributed by atoms with E-state index in [2.05, 4.69) is 51.5 Å². The zero-order valence-electron chi connectivity index (χ0n) is 7.79. The predicted octanol–water partition coefficient (Wildman–Crippen LogP) is 3.90.